The van der Waals surface area contributed by atoms with Gasteiger partial charge in [-0.1, -0.05) is 48.0 Å². The fraction of sp³-hybridized carbons (Fsp3) is 0. The average Bonchev–Trinajstić information content (AvgIpc) is 2.60. The number of halogens is 1. The molecule has 0 aliphatic rings. The van der Waals surface area contributed by atoms with Gasteiger partial charge < -0.3 is 5.32 Å². The molecule has 0 heterocycles. The van der Waals surface area contributed by atoms with Gasteiger partial charge in [0, 0.05) is 5.56 Å². The van der Waals surface area contributed by atoms with E-state index in [0.29, 0.717) is 0 Å². The quantitative estimate of drug-likeness (QED) is 0.862. The molecule has 0 fully saturated rings. The lowest BCUT2D eigenvalue weighted by atomic mass is 10.2. The van der Waals surface area contributed by atoms with Crippen LogP contribution in [0.4, 0.5) is 0 Å². The van der Waals surface area contributed by atoms with Crippen LogP contribution in [0.1, 0.15) is 10.4 Å². The molecule has 2 aromatic rings. The van der Waals surface area contributed by atoms with Gasteiger partial charge in [0.05, 0.1) is 4.90 Å². The molecule has 1 amide bonds. The molecule has 1 N–H and O–H groups in total. The number of hydrogen-bond donors (Lipinski definition) is 1. The van der Waals surface area contributed by atoms with Crippen molar-refractivity contribution in [2.24, 2.45) is 0 Å². The zero-order valence-corrected chi connectivity index (χ0v) is 13.3. The van der Waals surface area contributed by atoms with Crippen molar-refractivity contribution in [2.45, 2.75) is 4.90 Å². The Labute approximate surface area is 138 Å². The number of allylic oxidation sites excluding steroid dienone is 1. The Morgan fingerprint density at radius 2 is 1.52 bits per heavy atom. The third kappa shape index (κ3) is 3.77. The van der Waals surface area contributed by atoms with Crippen LogP contribution >= 0.6 is 11.6 Å². The van der Waals surface area contributed by atoms with Crippen molar-refractivity contribution in [3.8, 4) is 6.07 Å². The number of carbonyl (C=O) groups is 1. The number of sulfone groups is 1. The van der Waals surface area contributed by atoms with E-state index in [2.05, 4.69) is 5.32 Å². The van der Waals surface area contributed by atoms with Crippen LogP contribution in [0.25, 0.3) is 0 Å². The van der Waals surface area contributed by atoms with E-state index in [4.69, 9.17) is 16.9 Å². The first-order chi connectivity index (χ1) is 11.0. The van der Waals surface area contributed by atoms with Crippen LogP contribution in [-0.2, 0) is 9.84 Å². The molecule has 0 saturated heterocycles. The van der Waals surface area contributed by atoms with Crippen molar-refractivity contribution in [3.05, 3.63) is 76.3 Å². The topological polar surface area (TPSA) is 87.0 Å². The van der Waals surface area contributed by atoms with Gasteiger partial charge in [0.1, 0.15) is 6.07 Å². The molecular formula is C16H11ClN2O3S. The van der Waals surface area contributed by atoms with Gasteiger partial charge in [0.15, 0.2) is 10.1 Å². The number of hydrogen-bond acceptors (Lipinski definition) is 4. The maximum atomic E-state index is 12.4. The smallest absolute Gasteiger partial charge is 0.256 e. The van der Waals surface area contributed by atoms with Crippen LogP contribution in [0.5, 0.6) is 0 Å². The predicted octanol–water partition coefficient (Wildman–Crippen LogP) is 2.82. The second kappa shape index (κ2) is 7.09. The van der Waals surface area contributed by atoms with Gasteiger partial charge in [-0.15, -0.1) is 0 Å². The largest absolute Gasteiger partial charge is 0.311 e. The zero-order valence-electron chi connectivity index (χ0n) is 11.7. The molecule has 0 atom stereocenters. The van der Waals surface area contributed by atoms with Gasteiger partial charge in [-0.05, 0) is 24.3 Å². The van der Waals surface area contributed by atoms with Gasteiger partial charge in [-0.3, -0.25) is 4.79 Å². The molecule has 0 saturated carbocycles. The van der Waals surface area contributed by atoms with E-state index in [-0.39, 0.29) is 10.5 Å². The molecular weight excluding hydrogens is 336 g/mol. The third-order valence-corrected chi connectivity index (χ3v) is 5.24. The normalized spacial score (nSPS) is 12.0. The molecule has 0 aliphatic carbocycles. The first kappa shape index (κ1) is 16.7. The molecule has 0 spiro atoms. The lowest BCUT2D eigenvalue weighted by Gasteiger charge is -2.07. The number of nitrogens with one attached hydrogen (secondary N) is 1. The number of nitrogens with zero attached hydrogens (tertiary/aromatic N) is 1. The summed E-state index contributed by atoms with van der Waals surface area (Å²) in [5.41, 5.74) is -0.244. The third-order valence-electron chi connectivity index (χ3n) is 2.87. The number of benzene rings is 2. The molecule has 7 heteroatoms. The van der Waals surface area contributed by atoms with Gasteiger partial charge in [-0.2, -0.15) is 5.26 Å². The number of carbonyl (C=O) groups excluding carboxylic acids is 1. The van der Waals surface area contributed by atoms with E-state index in [1.165, 1.54) is 36.4 Å². The monoisotopic (exact) mass is 346 g/mol. The summed E-state index contributed by atoms with van der Waals surface area (Å²) in [6.07, 6.45) is 0. The lowest BCUT2D eigenvalue weighted by Crippen LogP contribution is -2.24. The number of nitriles is 1. The average molecular weight is 347 g/mol. The fourth-order valence-corrected chi connectivity index (χ4v) is 3.18. The fourth-order valence-electron chi connectivity index (χ4n) is 1.73. The summed E-state index contributed by atoms with van der Waals surface area (Å²) in [6.45, 7) is 0. The SMILES string of the molecule is N#C/C(NC(=O)c1ccccc1)=C(\Cl)S(=O)(=O)c1ccccc1. The van der Waals surface area contributed by atoms with Gasteiger partial charge in [0.25, 0.3) is 5.91 Å². The standard InChI is InChI=1S/C16H11ClN2O3S/c17-15(23(21,22)13-9-5-2-6-10-13)14(11-18)19-16(20)12-7-3-1-4-8-12/h1-10H,(H,19,20)/b15-14-. The Morgan fingerprint density at radius 3 is 2.04 bits per heavy atom. The lowest BCUT2D eigenvalue weighted by molar-refractivity contribution is 0.0967. The molecule has 0 unspecified atom stereocenters. The second-order valence-corrected chi connectivity index (χ2v) is 6.89. The Morgan fingerprint density at radius 1 is 1.00 bits per heavy atom. The van der Waals surface area contributed by atoms with Crippen molar-refractivity contribution < 1.29 is 13.2 Å². The highest BCUT2D eigenvalue weighted by atomic mass is 35.5. The minimum Gasteiger partial charge on any atom is -0.311 e. The maximum Gasteiger partial charge on any atom is 0.256 e. The van der Waals surface area contributed by atoms with E-state index >= 15 is 0 Å². The van der Waals surface area contributed by atoms with Gasteiger partial charge in [0.2, 0.25) is 9.84 Å². The molecule has 23 heavy (non-hydrogen) atoms. The molecule has 0 aromatic heterocycles. The summed E-state index contributed by atoms with van der Waals surface area (Å²) in [5.74, 6) is -0.622. The van der Waals surface area contributed by atoms with Crippen molar-refractivity contribution in [1.82, 2.24) is 5.32 Å². The summed E-state index contributed by atoms with van der Waals surface area (Å²) in [4.78, 5) is 12.0. The van der Waals surface area contributed by atoms with Crippen LogP contribution < -0.4 is 5.32 Å². The van der Waals surface area contributed by atoms with Crippen LogP contribution in [0.15, 0.2) is 75.6 Å². The van der Waals surface area contributed by atoms with E-state index in [0.717, 1.165) is 0 Å². The summed E-state index contributed by atoms with van der Waals surface area (Å²) in [7, 11) is -4.07. The molecule has 0 radical (unpaired) electrons. The molecule has 5 nitrogen and oxygen atoms in total. The molecule has 116 valence electrons. The van der Waals surface area contributed by atoms with Crippen LogP contribution in [-0.4, -0.2) is 14.3 Å². The highest BCUT2D eigenvalue weighted by Crippen LogP contribution is 2.24. The van der Waals surface area contributed by atoms with Gasteiger partial charge in [-0.25, -0.2) is 8.42 Å². The van der Waals surface area contributed by atoms with E-state index in [1.54, 1.807) is 30.3 Å². The van der Waals surface area contributed by atoms with Crippen LogP contribution in [0.3, 0.4) is 0 Å². The van der Waals surface area contributed by atoms with Crippen molar-refractivity contribution >= 4 is 27.3 Å². The first-order valence-corrected chi connectivity index (χ1v) is 8.29. The van der Waals surface area contributed by atoms with Crippen LogP contribution in [0, 0.1) is 11.3 Å². The van der Waals surface area contributed by atoms with E-state index < -0.39 is 25.8 Å². The summed E-state index contributed by atoms with van der Waals surface area (Å²) < 4.78 is 24.0. The molecule has 2 aromatic carbocycles. The number of rotatable bonds is 4. The summed E-state index contributed by atoms with van der Waals surface area (Å²) in [6, 6.07) is 17.1. The summed E-state index contributed by atoms with van der Waals surface area (Å²) in [5, 5.41) is 11.4. The summed E-state index contributed by atoms with van der Waals surface area (Å²) >= 11 is 5.86. The first-order valence-electron chi connectivity index (χ1n) is 6.43. The van der Waals surface area contributed by atoms with Crippen LogP contribution in [0.2, 0.25) is 0 Å². The van der Waals surface area contributed by atoms with Crippen molar-refractivity contribution in [2.75, 3.05) is 0 Å². The Kier molecular flexibility index (Phi) is 5.16. The highest BCUT2D eigenvalue weighted by Gasteiger charge is 2.24. The highest BCUT2D eigenvalue weighted by molar-refractivity contribution is 7.97. The Bertz CT molecular complexity index is 886. The minimum absolute atomic E-state index is 0.0632. The van der Waals surface area contributed by atoms with E-state index in [9.17, 15) is 13.2 Å². The Hall–Kier alpha value is -2.62. The molecule has 0 bridgehead atoms. The molecule has 0 aliphatic heterocycles. The maximum absolute atomic E-state index is 12.4. The zero-order chi connectivity index (χ0) is 16.9. The number of amides is 1. The second-order valence-electron chi connectivity index (χ2n) is 4.40. The Balaban J connectivity index is 2.37. The van der Waals surface area contributed by atoms with E-state index in [1.807, 2.05) is 0 Å². The predicted molar refractivity (Wildman–Crippen MR) is 86.0 cm³/mol. The van der Waals surface area contributed by atoms with Gasteiger partial charge >= 0.3 is 0 Å². The molecule has 2 rings (SSSR count). The van der Waals surface area contributed by atoms with Crippen molar-refractivity contribution in [1.29, 1.82) is 5.26 Å². The van der Waals surface area contributed by atoms with Crippen molar-refractivity contribution in [3.63, 3.8) is 0 Å². The minimum atomic E-state index is -4.07.